The smallest absolute Gasteiger partial charge is 0.265 e. The number of hydrogen-bond acceptors (Lipinski definition) is 7. The van der Waals surface area contributed by atoms with Crippen LogP contribution < -0.4 is 15.2 Å². The van der Waals surface area contributed by atoms with Crippen LogP contribution in [0.2, 0.25) is 10.0 Å². The summed E-state index contributed by atoms with van der Waals surface area (Å²) in [5, 5.41) is 11.4. The van der Waals surface area contributed by atoms with Gasteiger partial charge in [-0.25, -0.2) is 13.4 Å². The van der Waals surface area contributed by atoms with Crippen molar-refractivity contribution in [3.8, 4) is 5.75 Å². The molecule has 3 N–H and O–H groups in total. The van der Waals surface area contributed by atoms with Gasteiger partial charge in [0.25, 0.3) is 10.0 Å². The number of hydrazine groups is 1. The van der Waals surface area contributed by atoms with E-state index in [0.717, 1.165) is 6.07 Å². The number of halogens is 2. The molecule has 0 radical (unpaired) electrons. The standard InChI is InChI=1S/C16H16Cl2N4O4S.2C2H6/c1-10(5-6-23)20-22(2)15-4-3-12(9-19-15)21-27(25,26)14-8-11(17)7-13(18)16(14)24;2*1-2/h3-9,20-21,24H,1-2H3;2*1-2H3/b10-5-;;. The van der Waals surface area contributed by atoms with Gasteiger partial charge in [-0.3, -0.25) is 14.5 Å². The van der Waals surface area contributed by atoms with Crippen molar-refractivity contribution in [3.63, 3.8) is 0 Å². The van der Waals surface area contributed by atoms with Crippen molar-refractivity contribution < 1.29 is 18.3 Å². The van der Waals surface area contributed by atoms with Gasteiger partial charge in [-0.15, -0.1) is 0 Å². The van der Waals surface area contributed by atoms with Crippen LogP contribution in [0.3, 0.4) is 0 Å². The van der Waals surface area contributed by atoms with Crippen molar-refractivity contribution in [2.45, 2.75) is 39.5 Å². The van der Waals surface area contributed by atoms with Gasteiger partial charge in [0.2, 0.25) is 0 Å². The second-order valence-corrected chi connectivity index (χ2v) is 7.90. The number of rotatable bonds is 7. The lowest BCUT2D eigenvalue weighted by molar-refractivity contribution is -0.104. The highest BCUT2D eigenvalue weighted by atomic mass is 35.5. The molecule has 0 unspecified atom stereocenters. The Labute approximate surface area is 193 Å². The van der Waals surface area contributed by atoms with E-state index in [1.807, 2.05) is 27.7 Å². The van der Waals surface area contributed by atoms with Crippen LogP contribution in [0.25, 0.3) is 0 Å². The maximum Gasteiger partial charge on any atom is 0.265 e. The first-order valence-electron chi connectivity index (χ1n) is 9.43. The van der Waals surface area contributed by atoms with E-state index in [0.29, 0.717) is 17.8 Å². The molecule has 1 aromatic heterocycles. The van der Waals surface area contributed by atoms with Gasteiger partial charge < -0.3 is 10.5 Å². The van der Waals surface area contributed by atoms with E-state index in [-0.39, 0.29) is 15.7 Å². The molecular formula is C20H28Cl2N4O4S. The number of allylic oxidation sites excluding steroid dienone is 2. The van der Waals surface area contributed by atoms with Crippen molar-refractivity contribution >= 4 is 51.0 Å². The number of aromatic hydroxyl groups is 1. The van der Waals surface area contributed by atoms with E-state index in [1.165, 1.54) is 24.4 Å². The number of anilines is 2. The number of carbonyl (C=O) groups excluding carboxylic acids is 1. The fraction of sp³-hybridized carbons (Fsp3) is 0.300. The van der Waals surface area contributed by atoms with Crippen LogP contribution >= 0.6 is 23.2 Å². The average molecular weight is 491 g/mol. The number of pyridine rings is 1. The van der Waals surface area contributed by atoms with Crippen LogP contribution in [-0.2, 0) is 14.8 Å². The van der Waals surface area contributed by atoms with Gasteiger partial charge >= 0.3 is 0 Å². The fourth-order valence-corrected chi connectivity index (χ4v) is 3.87. The Hall–Kier alpha value is -2.49. The molecule has 0 saturated heterocycles. The van der Waals surface area contributed by atoms with Crippen molar-refractivity contribution in [1.29, 1.82) is 0 Å². The normalized spacial score (nSPS) is 10.6. The molecule has 0 spiro atoms. The lowest BCUT2D eigenvalue weighted by Gasteiger charge is -2.20. The number of sulfonamides is 1. The van der Waals surface area contributed by atoms with Crippen LogP contribution in [0.1, 0.15) is 34.6 Å². The lowest BCUT2D eigenvalue weighted by atomic mass is 10.3. The van der Waals surface area contributed by atoms with E-state index < -0.39 is 20.7 Å². The monoisotopic (exact) mass is 490 g/mol. The third-order valence-corrected chi connectivity index (χ3v) is 5.19. The molecule has 172 valence electrons. The SMILES string of the molecule is C/C(=C/C=O)NN(C)c1ccc(NS(=O)(=O)c2cc(Cl)cc(Cl)c2O)cn1.CC.CC. The minimum absolute atomic E-state index is 0.0677. The lowest BCUT2D eigenvalue weighted by Crippen LogP contribution is -2.33. The highest BCUT2D eigenvalue weighted by molar-refractivity contribution is 7.92. The van der Waals surface area contributed by atoms with E-state index in [1.54, 1.807) is 25.0 Å². The molecule has 0 fully saturated rings. The van der Waals surface area contributed by atoms with Crippen LogP contribution in [0.4, 0.5) is 11.5 Å². The molecule has 0 bridgehead atoms. The topological polar surface area (TPSA) is 112 Å². The molecule has 8 nitrogen and oxygen atoms in total. The molecule has 0 atom stereocenters. The second-order valence-electron chi connectivity index (χ2n) is 5.40. The molecule has 2 aromatic rings. The first kappa shape index (κ1) is 28.5. The largest absolute Gasteiger partial charge is 0.505 e. The van der Waals surface area contributed by atoms with Crippen LogP contribution in [0.15, 0.2) is 47.1 Å². The number of nitrogens with zero attached hydrogens (tertiary/aromatic N) is 2. The van der Waals surface area contributed by atoms with E-state index in [2.05, 4.69) is 15.1 Å². The van der Waals surface area contributed by atoms with Gasteiger partial charge in [-0.1, -0.05) is 50.9 Å². The number of hydrogen-bond donors (Lipinski definition) is 3. The maximum atomic E-state index is 12.5. The number of phenols is 1. The molecule has 0 saturated carbocycles. The Kier molecular flexibility index (Phi) is 12.6. The molecule has 1 heterocycles. The second kappa shape index (κ2) is 13.7. The van der Waals surface area contributed by atoms with Crippen molar-refractivity contribution in [2.75, 3.05) is 16.8 Å². The summed E-state index contributed by atoms with van der Waals surface area (Å²) in [6, 6.07) is 5.37. The molecule has 11 heteroatoms. The zero-order valence-corrected chi connectivity index (χ0v) is 20.6. The summed E-state index contributed by atoms with van der Waals surface area (Å²) in [5.41, 5.74) is 3.68. The number of phenolic OH excluding ortho intramolecular Hbond substituents is 1. The first-order chi connectivity index (χ1) is 14.6. The van der Waals surface area contributed by atoms with E-state index in [9.17, 15) is 18.3 Å². The van der Waals surface area contributed by atoms with Gasteiger partial charge in [0.15, 0.2) is 5.75 Å². The summed E-state index contributed by atoms with van der Waals surface area (Å²) in [5.74, 6) is -0.121. The quantitative estimate of drug-likeness (QED) is 0.284. The third-order valence-electron chi connectivity index (χ3n) is 3.29. The molecule has 31 heavy (non-hydrogen) atoms. The number of carbonyl (C=O) groups is 1. The zero-order valence-electron chi connectivity index (χ0n) is 18.3. The van der Waals surface area contributed by atoms with Crippen LogP contribution in [-0.4, -0.2) is 31.8 Å². The van der Waals surface area contributed by atoms with Crippen LogP contribution in [0.5, 0.6) is 5.75 Å². The summed E-state index contributed by atoms with van der Waals surface area (Å²) in [4.78, 5) is 14.1. The molecule has 0 aliphatic rings. The summed E-state index contributed by atoms with van der Waals surface area (Å²) in [7, 11) is -2.45. The number of aldehydes is 1. The first-order valence-corrected chi connectivity index (χ1v) is 11.7. The molecule has 2 rings (SSSR count). The van der Waals surface area contributed by atoms with E-state index >= 15 is 0 Å². The molecular weight excluding hydrogens is 463 g/mol. The predicted octanol–water partition coefficient (Wildman–Crippen LogP) is 4.99. The number of nitrogens with one attached hydrogen (secondary N) is 2. The van der Waals surface area contributed by atoms with Gasteiger partial charge in [0.05, 0.1) is 16.9 Å². The highest BCUT2D eigenvalue weighted by Gasteiger charge is 2.22. The third kappa shape index (κ3) is 8.64. The van der Waals surface area contributed by atoms with Gasteiger partial charge in [-0.2, -0.15) is 0 Å². The number of aromatic nitrogens is 1. The van der Waals surface area contributed by atoms with Gasteiger partial charge in [-0.05, 0) is 37.3 Å². The predicted molar refractivity (Wildman–Crippen MR) is 127 cm³/mol. The Balaban J connectivity index is 0.00000212. The zero-order chi connectivity index (χ0) is 24.2. The highest BCUT2D eigenvalue weighted by Crippen LogP contribution is 2.35. The summed E-state index contributed by atoms with van der Waals surface area (Å²) in [6.07, 6.45) is 3.30. The Morgan fingerprint density at radius 1 is 1.16 bits per heavy atom. The minimum Gasteiger partial charge on any atom is -0.505 e. The van der Waals surface area contributed by atoms with Crippen LogP contribution in [0, 0.1) is 0 Å². The Bertz CT molecular complexity index is 981. The average Bonchev–Trinajstić information content (AvgIpc) is 2.74. The van der Waals surface area contributed by atoms with Crippen molar-refractivity contribution in [3.05, 3.63) is 52.3 Å². The molecule has 1 aromatic carbocycles. The Morgan fingerprint density at radius 3 is 2.29 bits per heavy atom. The van der Waals surface area contributed by atoms with Gasteiger partial charge in [0, 0.05) is 17.8 Å². The maximum absolute atomic E-state index is 12.5. The fourth-order valence-electron chi connectivity index (χ4n) is 2.06. The van der Waals surface area contributed by atoms with Crippen molar-refractivity contribution in [1.82, 2.24) is 10.4 Å². The molecule has 0 aliphatic carbocycles. The Morgan fingerprint density at radius 2 is 1.77 bits per heavy atom. The van der Waals surface area contributed by atoms with Crippen molar-refractivity contribution in [2.24, 2.45) is 0 Å². The molecule has 0 aliphatic heterocycles. The minimum atomic E-state index is -4.13. The summed E-state index contributed by atoms with van der Waals surface area (Å²) < 4.78 is 27.3. The van der Waals surface area contributed by atoms with E-state index in [4.69, 9.17) is 23.2 Å². The summed E-state index contributed by atoms with van der Waals surface area (Å²) >= 11 is 11.6. The molecule has 0 amide bonds. The summed E-state index contributed by atoms with van der Waals surface area (Å²) in [6.45, 7) is 9.70. The number of benzene rings is 1. The van der Waals surface area contributed by atoms with Gasteiger partial charge in [0.1, 0.15) is 17.0 Å².